The monoisotopic (exact) mass is 208 g/mol. The molecule has 0 rings (SSSR count). The zero-order valence-corrected chi connectivity index (χ0v) is 9.96. The lowest BCUT2D eigenvalue weighted by Crippen LogP contribution is -2.61. The average Bonchev–Trinajstić information content (AvgIpc) is 2.07. The van der Waals surface area contributed by atoms with Crippen LogP contribution in [-0.4, -0.2) is 42.0 Å². The molecule has 0 aliphatic rings. The van der Waals surface area contributed by atoms with E-state index in [4.69, 9.17) is 19.0 Å². The van der Waals surface area contributed by atoms with Gasteiger partial charge in [0, 0.05) is 21.3 Å². The van der Waals surface area contributed by atoms with Gasteiger partial charge < -0.3 is 19.0 Å². The fourth-order valence-corrected chi connectivity index (χ4v) is 3.30. The molecule has 0 aromatic carbocycles. The first-order valence-electron chi connectivity index (χ1n) is 4.19. The molecular weight excluding hydrogens is 188 g/mol. The van der Waals surface area contributed by atoms with Crippen LogP contribution in [0.3, 0.4) is 0 Å². The highest BCUT2D eigenvalue weighted by Gasteiger charge is 2.44. The summed E-state index contributed by atoms with van der Waals surface area (Å²) in [6.07, 6.45) is -0.109. The maximum absolute atomic E-state index is 5.60. The van der Waals surface area contributed by atoms with Crippen LogP contribution in [0.25, 0.3) is 0 Å². The van der Waals surface area contributed by atoms with Crippen molar-refractivity contribution in [3.8, 4) is 0 Å². The van der Waals surface area contributed by atoms with Crippen molar-refractivity contribution in [1.82, 2.24) is 5.32 Å². The molecule has 0 aromatic heterocycles. The lowest BCUT2D eigenvalue weighted by molar-refractivity contribution is 0.108. The van der Waals surface area contributed by atoms with Crippen molar-refractivity contribution in [2.75, 3.05) is 21.3 Å². The molecule has 0 bridgehead atoms. The maximum Gasteiger partial charge on any atom is 0.517 e. The zero-order valence-electron chi connectivity index (χ0n) is 8.96. The lowest BCUT2D eigenvalue weighted by Gasteiger charge is -2.31. The Balaban J connectivity index is 4.34. The van der Waals surface area contributed by atoms with E-state index in [1.54, 1.807) is 21.3 Å². The number of nitrogens with two attached hydrogens (primary N) is 1. The molecule has 0 fully saturated rings. The second kappa shape index (κ2) is 5.69. The molecule has 0 saturated carbocycles. The van der Waals surface area contributed by atoms with E-state index in [2.05, 4.69) is 5.32 Å². The van der Waals surface area contributed by atoms with Gasteiger partial charge in [-0.1, -0.05) is 0 Å². The predicted molar refractivity (Wildman–Crippen MR) is 53.0 cm³/mol. The number of nitrogens with one attached hydrogen (secondary N) is 1. The Bertz CT molecular complexity index is 133. The first-order chi connectivity index (χ1) is 6.02. The minimum absolute atomic E-state index is 0.0208. The van der Waals surface area contributed by atoms with E-state index in [0.717, 1.165) is 0 Å². The summed E-state index contributed by atoms with van der Waals surface area (Å²) in [5.74, 6) is 0. The highest BCUT2D eigenvalue weighted by atomic mass is 28.4. The van der Waals surface area contributed by atoms with E-state index in [1.165, 1.54) is 0 Å². The molecule has 0 aliphatic heterocycles. The summed E-state index contributed by atoms with van der Waals surface area (Å²) in [5, 5.41) is 3.10. The summed E-state index contributed by atoms with van der Waals surface area (Å²) in [5.41, 5.74) is 5.58. The van der Waals surface area contributed by atoms with Crippen molar-refractivity contribution in [3.05, 3.63) is 0 Å². The van der Waals surface area contributed by atoms with Gasteiger partial charge in [-0.15, -0.1) is 0 Å². The molecule has 0 spiro atoms. The highest BCUT2D eigenvalue weighted by molar-refractivity contribution is 6.62. The summed E-state index contributed by atoms with van der Waals surface area (Å²) in [6.45, 7) is 3.79. The zero-order chi connectivity index (χ0) is 10.5. The van der Waals surface area contributed by atoms with Crippen LogP contribution in [0.2, 0.25) is 0 Å². The van der Waals surface area contributed by atoms with Gasteiger partial charge in [0.05, 0.1) is 11.8 Å². The number of rotatable bonds is 6. The summed E-state index contributed by atoms with van der Waals surface area (Å²) in [7, 11) is 2.17. The third-order valence-electron chi connectivity index (χ3n) is 1.90. The second-order valence-electron chi connectivity index (χ2n) is 2.89. The van der Waals surface area contributed by atoms with Gasteiger partial charge in [0.2, 0.25) is 0 Å². The number of hydrogen-bond acceptors (Lipinski definition) is 5. The Hall–Kier alpha value is 0.0169. The van der Waals surface area contributed by atoms with E-state index in [0.29, 0.717) is 0 Å². The van der Waals surface area contributed by atoms with Crippen molar-refractivity contribution in [1.29, 1.82) is 0 Å². The molecule has 0 heterocycles. The number of hydrogen-bond donors (Lipinski definition) is 2. The molecule has 3 N–H and O–H groups in total. The van der Waals surface area contributed by atoms with E-state index < -0.39 is 8.80 Å². The standard InChI is InChI=1S/C7H20N2O3Si/c1-6(8)9-7(2)13(10-3,11-4)12-5/h6-7,9H,8H2,1-5H3. The van der Waals surface area contributed by atoms with Crippen LogP contribution in [0, 0.1) is 0 Å². The van der Waals surface area contributed by atoms with Gasteiger partial charge in [0.1, 0.15) is 0 Å². The normalized spacial score (nSPS) is 17.1. The molecule has 0 amide bonds. The molecule has 2 atom stereocenters. The quantitative estimate of drug-likeness (QED) is 0.463. The first-order valence-corrected chi connectivity index (χ1v) is 5.99. The van der Waals surface area contributed by atoms with Gasteiger partial charge in [0.15, 0.2) is 0 Å². The van der Waals surface area contributed by atoms with Crippen molar-refractivity contribution >= 4 is 8.80 Å². The largest absolute Gasteiger partial charge is 0.517 e. The summed E-state index contributed by atoms with van der Waals surface area (Å²) in [4.78, 5) is 0. The van der Waals surface area contributed by atoms with Gasteiger partial charge in [0.25, 0.3) is 0 Å². The molecule has 0 aromatic rings. The fourth-order valence-electron chi connectivity index (χ4n) is 1.28. The van der Waals surface area contributed by atoms with Crippen LogP contribution in [0.4, 0.5) is 0 Å². The third kappa shape index (κ3) is 3.33. The Kier molecular flexibility index (Phi) is 5.69. The first kappa shape index (κ1) is 13.0. The summed E-state index contributed by atoms with van der Waals surface area (Å²) >= 11 is 0. The van der Waals surface area contributed by atoms with Gasteiger partial charge in [-0.25, -0.2) is 0 Å². The molecule has 0 aliphatic carbocycles. The van der Waals surface area contributed by atoms with E-state index >= 15 is 0 Å². The molecule has 5 nitrogen and oxygen atoms in total. The molecule has 80 valence electrons. The van der Waals surface area contributed by atoms with Crippen LogP contribution in [0.15, 0.2) is 0 Å². The Labute approximate surface area is 80.9 Å². The Morgan fingerprint density at radius 3 is 1.69 bits per heavy atom. The van der Waals surface area contributed by atoms with E-state index in [-0.39, 0.29) is 11.8 Å². The smallest absolute Gasteiger partial charge is 0.376 e. The minimum Gasteiger partial charge on any atom is -0.376 e. The van der Waals surface area contributed by atoms with Crippen molar-refractivity contribution in [2.45, 2.75) is 25.7 Å². The molecular formula is C7H20N2O3Si. The fraction of sp³-hybridized carbons (Fsp3) is 1.00. The van der Waals surface area contributed by atoms with E-state index in [1.807, 2.05) is 13.8 Å². The van der Waals surface area contributed by atoms with Crippen LogP contribution in [0.5, 0.6) is 0 Å². The van der Waals surface area contributed by atoms with E-state index in [9.17, 15) is 0 Å². The van der Waals surface area contributed by atoms with Gasteiger partial charge in [-0.05, 0) is 13.8 Å². The molecule has 13 heavy (non-hydrogen) atoms. The minimum atomic E-state index is -2.57. The molecule has 6 heteroatoms. The summed E-state index contributed by atoms with van der Waals surface area (Å²) < 4.78 is 15.8. The molecule has 0 saturated heterocycles. The lowest BCUT2D eigenvalue weighted by atomic mass is 10.6. The third-order valence-corrected chi connectivity index (χ3v) is 4.83. The van der Waals surface area contributed by atoms with Crippen LogP contribution >= 0.6 is 0 Å². The topological polar surface area (TPSA) is 65.7 Å². The highest BCUT2D eigenvalue weighted by Crippen LogP contribution is 2.11. The van der Waals surface area contributed by atoms with Crippen LogP contribution < -0.4 is 11.1 Å². The molecule has 2 unspecified atom stereocenters. The van der Waals surface area contributed by atoms with Gasteiger partial charge >= 0.3 is 8.80 Å². The van der Waals surface area contributed by atoms with Gasteiger partial charge in [-0.2, -0.15) is 0 Å². The Morgan fingerprint density at radius 1 is 1.08 bits per heavy atom. The maximum atomic E-state index is 5.60. The predicted octanol–water partition coefficient (Wildman–Crippen LogP) is -0.313. The molecule has 0 radical (unpaired) electrons. The average molecular weight is 208 g/mol. The van der Waals surface area contributed by atoms with Crippen molar-refractivity contribution in [2.24, 2.45) is 5.73 Å². The summed E-state index contributed by atoms with van der Waals surface area (Å²) in [6, 6.07) is 0. The van der Waals surface area contributed by atoms with Crippen LogP contribution in [0.1, 0.15) is 13.8 Å². The van der Waals surface area contributed by atoms with Crippen molar-refractivity contribution in [3.63, 3.8) is 0 Å². The Morgan fingerprint density at radius 2 is 1.46 bits per heavy atom. The second-order valence-corrected chi connectivity index (χ2v) is 6.19. The van der Waals surface area contributed by atoms with Gasteiger partial charge in [-0.3, -0.25) is 5.32 Å². The van der Waals surface area contributed by atoms with Crippen LogP contribution in [-0.2, 0) is 13.3 Å². The van der Waals surface area contributed by atoms with Crippen molar-refractivity contribution < 1.29 is 13.3 Å². The SMILES string of the molecule is CO[Si](OC)(OC)C(C)NC(C)N.